The van der Waals surface area contributed by atoms with Crippen LogP contribution in [0.2, 0.25) is 0 Å². The lowest BCUT2D eigenvalue weighted by Crippen LogP contribution is -2.51. The number of aliphatic hydroxyl groups is 3. The summed E-state index contributed by atoms with van der Waals surface area (Å²) in [5, 5.41) is 30.8. The molecule has 0 bridgehead atoms. The third kappa shape index (κ3) is 3.79. The first kappa shape index (κ1) is 18.6. The van der Waals surface area contributed by atoms with Crippen molar-refractivity contribution in [2.45, 2.75) is 49.8 Å². The van der Waals surface area contributed by atoms with E-state index in [1.54, 1.807) is 0 Å². The molecule has 0 radical (unpaired) electrons. The molecule has 2 aromatic rings. The summed E-state index contributed by atoms with van der Waals surface area (Å²) in [5.41, 5.74) is 3.42. The van der Waals surface area contributed by atoms with Crippen molar-refractivity contribution in [1.82, 2.24) is 4.90 Å². The normalized spacial score (nSPS) is 31.0. The smallest absolute Gasteiger partial charge is 0.0995 e. The largest absolute Gasteiger partial charge is 0.391 e. The van der Waals surface area contributed by atoms with Gasteiger partial charge in [0.2, 0.25) is 0 Å². The predicted octanol–water partition coefficient (Wildman–Crippen LogP) is 1.80. The van der Waals surface area contributed by atoms with E-state index in [4.69, 9.17) is 4.74 Å². The van der Waals surface area contributed by atoms with Crippen LogP contribution in [-0.2, 0) is 11.3 Å². The highest BCUT2D eigenvalue weighted by Crippen LogP contribution is 2.33. The lowest BCUT2D eigenvalue weighted by atomic mass is 9.97. The van der Waals surface area contributed by atoms with Gasteiger partial charge in [-0.05, 0) is 36.1 Å². The quantitative estimate of drug-likeness (QED) is 0.750. The van der Waals surface area contributed by atoms with Crippen molar-refractivity contribution in [3.05, 3.63) is 60.2 Å². The molecule has 2 heterocycles. The SMILES string of the molecule is O[C@@H]1[C@H](O)[C@H](COCc2ccc(-c3ccccc3)cc2)N2CCC[C@@H](O)[C@H]12. The van der Waals surface area contributed by atoms with Gasteiger partial charge in [0.05, 0.1) is 43.6 Å². The number of benzene rings is 2. The maximum absolute atomic E-state index is 10.4. The Labute approximate surface area is 159 Å². The van der Waals surface area contributed by atoms with Crippen molar-refractivity contribution in [2.75, 3.05) is 13.2 Å². The molecule has 2 saturated heterocycles. The first-order valence-electron chi connectivity index (χ1n) is 9.67. The minimum atomic E-state index is -0.918. The second kappa shape index (κ2) is 8.09. The summed E-state index contributed by atoms with van der Waals surface area (Å²) in [4.78, 5) is 2.02. The summed E-state index contributed by atoms with van der Waals surface area (Å²) in [7, 11) is 0. The minimum absolute atomic E-state index is 0.274. The van der Waals surface area contributed by atoms with Gasteiger partial charge in [0.15, 0.2) is 0 Å². The second-order valence-electron chi connectivity index (χ2n) is 7.56. The van der Waals surface area contributed by atoms with E-state index in [2.05, 4.69) is 36.4 Å². The van der Waals surface area contributed by atoms with Crippen molar-refractivity contribution in [2.24, 2.45) is 0 Å². The summed E-state index contributed by atoms with van der Waals surface area (Å²) in [6, 6.07) is 17.8. The molecule has 0 saturated carbocycles. The number of piperidine rings is 1. The fourth-order valence-corrected chi connectivity index (χ4v) is 4.38. The zero-order valence-corrected chi connectivity index (χ0v) is 15.3. The van der Waals surface area contributed by atoms with Gasteiger partial charge in [-0.1, -0.05) is 54.6 Å². The molecule has 2 aliphatic heterocycles. The number of ether oxygens (including phenoxy) is 1. The van der Waals surface area contributed by atoms with Crippen LogP contribution < -0.4 is 0 Å². The monoisotopic (exact) mass is 369 g/mol. The van der Waals surface area contributed by atoms with Crippen molar-refractivity contribution in [3.63, 3.8) is 0 Å². The van der Waals surface area contributed by atoms with Crippen molar-refractivity contribution in [1.29, 1.82) is 0 Å². The van der Waals surface area contributed by atoms with E-state index in [1.165, 1.54) is 11.1 Å². The molecule has 5 nitrogen and oxygen atoms in total. The average Bonchev–Trinajstić information content (AvgIpc) is 2.95. The highest BCUT2D eigenvalue weighted by molar-refractivity contribution is 5.63. The summed E-state index contributed by atoms with van der Waals surface area (Å²) in [6.45, 7) is 1.56. The predicted molar refractivity (Wildman–Crippen MR) is 103 cm³/mol. The maximum atomic E-state index is 10.4. The zero-order valence-electron chi connectivity index (χ0n) is 15.3. The van der Waals surface area contributed by atoms with Crippen LogP contribution in [-0.4, -0.2) is 63.8 Å². The highest BCUT2D eigenvalue weighted by atomic mass is 16.5. The number of aliphatic hydroxyl groups excluding tert-OH is 3. The van der Waals surface area contributed by atoms with Crippen LogP contribution in [0.1, 0.15) is 18.4 Å². The Balaban J connectivity index is 1.34. The molecular formula is C22H27NO4. The molecule has 144 valence electrons. The summed E-state index contributed by atoms with van der Waals surface area (Å²) in [6.07, 6.45) is -0.845. The Morgan fingerprint density at radius 2 is 1.59 bits per heavy atom. The lowest BCUT2D eigenvalue weighted by Gasteiger charge is -2.37. The summed E-state index contributed by atoms with van der Waals surface area (Å²) in [5.74, 6) is 0. The molecule has 27 heavy (non-hydrogen) atoms. The first-order valence-corrected chi connectivity index (χ1v) is 9.67. The molecule has 2 fully saturated rings. The van der Waals surface area contributed by atoms with Crippen LogP contribution in [0.4, 0.5) is 0 Å². The molecule has 2 aromatic carbocycles. The van der Waals surface area contributed by atoms with Crippen molar-refractivity contribution < 1.29 is 20.1 Å². The fraction of sp³-hybridized carbons (Fsp3) is 0.455. The van der Waals surface area contributed by atoms with E-state index >= 15 is 0 Å². The van der Waals surface area contributed by atoms with Crippen molar-refractivity contribution >= 4 is 0 Å². The minimum Gasteiger partial charge on any atom is -0.391 e. The molecule has 0 spiro atoms. The van der Waals surface area contributed by atoms with Gasteiger partial charge in [0.1, 0.15) is 0 Å². The molecule has 3 N–H and O–H groups in total. The summed E-state index contributed by atoms with van der Waals surface area (Å²) >= 11 is 0. The zero-order chi connectivity index (χ0) is 18.8. The Hall–Kier alpha value is -1.76. The number of hydrogen-bond acceptors (Lipinski definition) is 5. The van der Waals surface area contributed by atoms with Crippen LogP contribution >= 0.6 is 0 Å². The number of fused-ring (bicyclic) bond motifs is 1. The Kier molecular flexibility index (Phi) is 5.57. The Morgan fingerprint density at radius 1 is 0.889 bits per heavy atom. The Bertz CT molecular complexity index is 736. The number of rotatable bonds is 5. The van der Waals surface area contributed by atoms with Crippen LogP contribution in [0, 0.1) is 0 Å². The van der Waals surface area contributed by atoms with Gasteiger partial charge >= 0.3 is 0 Å². The van der Waals surface area contributed by atoms with Crippen molar-refractivity contribution in [3.8, 4) is 11.1 Å². The van der Waals surface area contributed by atoms with Gasteiger partial charge in [0, 0.05) is 0 Å². The van der Waals surface area contributed by atoms with Crippen LogP contribution in [0.5, 0.6) is 0 Å². The first-order chi connectivity index (χ1) is 13.1. The lowest BCUT2D eigenvalue weighted by molar-refractivity contribution is -0.0322. The Morgan fingerprint density at radius 3 is 2.33 bits per heavy atom. The van der Waals surface area contributed by atoms with E-state index in [1.807, 2.05) is 23.1 Å². The maximum Gasteiger partial charge on any atom is 0.0995 e. The van der Waals surface area contributed by atoms with E-state index in [9.17, 15) is 15.3 Å². The molecule has 0 amide bonds. The molecule has 0 aromatic heterocycles. The van der Waals surface area contributed by atoms with Crippen LogP contribution in [0.25, 0.3) is 11.1 Å². The molecule has 0 unspecified atom stereocenters. The number of nitrogens with zero attached hydrogens (tertiary/aromatic N) is 1. The highest BCUT2D eigenvalue weighted by Gasteiger charge is 2.51. The van der Waals surface area contributed by atoms with Crippen LogP contribution in [0.15, 0.2) is 54.6 Å². The molecule has 0 aliphatic carbocycles. The fourth-order valence-electron chi connectivity index (χ4n) is 4.38. The molecule has 2 aliphatic rings. The van der Waals surface area contributed by atoms with Gasteiger partial charge in [0.25, 0.3) is 0 Å². The van der Waals surface area contributed by atoms with E-state index in [0.717, 1.165) is 18.5 Å². The van der Waals surface area contributed by atoms with Gasteiger partial charge in [-0.2, -0.15) is 0 Å². The topological polar surface area (TPSA) is 73.2 Å². The van der Waals surface area contributed by atoms with E-state index < -0.39 is 18.3 Å². The molecule has 5 atom stereocenters. The van der Waals surface area contributed by atoms with Gasteiger partial charge in [-0.25, -0.2) is 0 Å². The van der Waals surface area contributed by atoms with Crippen LogP contribution in [0.3, 0.4) is 0 Å². The van der Waals surface area contributed by atoms with Gasteiger partial charge < -0.3 is 20.1 Å². The standard InChI is InChI=1S/C22H27NO4/c24-19-7-4-12-23-18(21(25)22(26)20(19)23)14-27-13-15-8-10-17(11-9-15)16-5-2-1-3-6-16/h1-3,5-6,8-11,18-22,24-26H,4,7,12-14H2/t18-,19+,20+,21+,22-/m0/s1. The third-order valence-electron chi connectivity index (χ3n) is 5.83. The van der Waals surface area contributed by atoms with E-state index in [-0.39, 0.29) is 12.1 Å². The van der Waals surface area contributed by atoms with E-state index in [0.29, 0.717) is 19.6 Å². The third-order valence-corrected chi connectivity index (χ3v) is 5.83. The molecular weight excluding hydrogens is 342 g/mol. The van der Waals surface area contributed by atoms with Gasteiger partial charge in [-0.15, -0.1) is 0 Å². The summed E-state index contributed by atoms with van der Waals surface area (Å²) < 4.78 is 5.86. The van der Waals surface area contributed by atoms with Gasteiger partial charge in [-0.3, -0.25) is 4.90 Å². The molecule has 4 rings (SSSR count). The number of hydrogen-bond donors (Lipinski definition) is 3. The second-order valence-corrected chi connectivity index (χ2v) is 7.56. The molecule has 5 heteroatoms. The average molecular weight is 369 g/mol.